The summed E-state index contributed by atoms with van der Waals surface area (Å²) in [5.41, 5.74) is 1.17. The quantitative estimate of drug-likeness (QED) is 0.927. The molecule has 1 aromatic carbocycles. The highest BCUT2D eigenvalue weighted by Crippen LogP contribution is 2.27. The number of hydrogen-bond donors (Lipinski definition) is 1. The number of hydrogen-bond acceptors (Lipinski definition) is 3. The lowest BCUT2D eigenvalue weighted by molar-refractivity contribution is 0.152. The lowest BCUT2D eigenvalue weighted by Gasteiger charge is -2.23. The third-order valence-corrected chi connectivity index (χ3v) is 3.82. The molecule has 0 amide bonds. The van der Waals surface area contributed by atoms with Gasteiger partial charge in [0.2, 0.25) is 0 Å². The van der Waals surface area contributed by atoms with E-state index in [1.807, 2.05) is 12.1 Å². The number of benzene rings is 1. The smallest absolute Gasteiger partial charge is 0.123 e. The number of aliphatic hydroxyl groups excluding tert-OH is 1. The molecule has 0 radical (unpaired) electrons. The van der Waals surface area contributed by atoms with Crippen molar-refractivity contribution in [2.45, 2.75) is 25.4 Å². The van der Waals surface area contributed by atoms with Crippen LogP contribution < -0.4 is 4.74 Å². The van der Waals surface area contributed by atoms with E-state index in [-0.39, 0.29) is 6.61 Å². The van der Waals surface area contributed by atoms with Gasteiger partial charge in [0.05, 0.1) is 13.7 Å². The van der Waals surface area contributed by atoms with Crippen LogP contribution in [0.1, 0.15) is 18.4 Å². The molecular formula is C13H18BrNO2. The molecule has 1 N–H and O–H groups in total. The van der Waals surface area contributed by atoms with E-state index in [4.69, 9.17) is 4.74 Å². The van der Waals surface area contributed by atoms with Gasteiger partial charge >= 0.3 is 0 Å². The molecule has 17 heavy (non-hydrogen) atoms. The van der Waals surface area contributed by atoms with Gasteiger partial charge in [-0.15, -0.1) is 0 Å². The van der Waals surface area contributed by atoms with Gasteiger partial charge in [0, 0.05) is 22.6 Å². The molecule has 1 atom stereocenters. The number of nitrogens with zero attached hydrogens (tertiary/aromatic N) is 1. The fraction of sp³-hybridized carbons (Fsp3) is 0.538. The minimum Gasteiger partial charge on any atom is -0.496 e. The fourth-order valence-corrected chi connectivity index (χ4v) is 2.81. The second kappa shape index (κ2) is 5.85. The Kier molecular flexibility index (Phi) is 4.42. The highest BCUT2D eigenvalue weighted by atomic mass is 79.9. The average molecular weight is 300 g/mol. The summed E-state index contributed by atoms with van der Waals surface area (Å²) in [6, 6.07) is 6.35. The molecule has 94 valence electrons. The first-order chi connectivity index (χ1) is 8.24. The van der Waals surface area contributed by atoms with Crippen molar-refractivity contribution < 1.29 is 9.84 Å². The van der Waals surface area contributed by atoms with Crippen LogP contribution in [0.15, 0.2) is 22.7 Å². The van der Waals surface area contributed by atoms with E-state index in [1.54, 1.807) is 7.11 Å². The molecule has 1 unspecified atom stereocenters. The summed E-state index contributed by atoms with van der Waals surface area (Å²) in [4.78, 5) is 2.32. The third-order valence-electron chi connectivity index (χ3n) is 3.33. The first-order valence-corrected chi connectivity index (χ1v) is 6.71. The van der Waals surface area contributed by atoms with E-state index < -0.39 is 0 Å². The summed E-state index contributed by atoms with van der Waals surface area (Å²) in [5, 5.41) is 9.31. The number of aliphatic hydroxyl groups is 1. The molecule has 1 fully saturated rings. The summed E-state index contributed by atoms with van der Waals surface area (Å²) in [6.07, 6.45) is 2.26. The predicted octanol–water partition coefficient (Wildman–Crippen LogP) is 2.41. The Morgan fingerprint density at radius 2 is 2.35 bits per heavy atom. The monoisotopic (exact) mass is 299 g/mol. The second-order valence-corrected chi connectivity index (χ2v) is 5.32. The van der Waals surface area contributed by atoms with Crippen molar-refractivity contribution in [3.8, 4) is 5.75 Å². The molecule has 0 saturated carbocycles. The van der Waals surface area contributed by atoms with Crippen LogP contribution in [0.5, 0.6) is 5.75 Å². The van der Waals surface area contributed by atoms with Crippen LogP contribution in [0.4, 0.5) is 0 Å². The Morgan fingerprint density at radius 1 is 1.53 bits per heavy atom. The molecule has 0 bridgehead atoms. The van der Waals surface area contributed by atoms with Crippen LogP contribution >= 0.6 is 15.9 Å². The number of likely N-dealkylation sites (tertiary alicyclic amines) is 1. The van der Waals surface area contributed by atoms with Crippen LogP contribution in [0.25, 0.3) is 0 Å². The molecule has 1 heterocycles. The minimum absolute atomic E-state index is 0.246. The highest BCUT2D eigenvalue weighted by Gasteiger charge is 2.24. The van der Waals surface area contributed by atoms with E-state index >= 15 is 0 Å². The van der Waals surface area contributed by atoms with Gasteiger partial charge in [0.25, 0.3) is 0 Å². The lowest BCUT2D eigenvalue weighted by atomic mass is 10.1. The van der Waals surface area contributed by atoms with Gasteiger partial charge in [0.1, 0.15) is 5.75 Å². The Labute approximate surface area is 111 Å². The summed E-state index contributed by atoms with van der Waals surface area (Å²) < 4.78 is 6.43. The number of rotatable bonds is 4. The molecule has 0 spiro atoms. The maximum absolute atomic E-state index is 9.31. The van der Waals surface area contributed by atoms with Gasteiger partial charge in [-0.3, -0.25) is 4.90 Å². The zero-order valence-electron chi connectivity index (χ0n) is 10.0. The van der Waals surface area contributed by atoms with Crippen molar-refractivity contribution >= 4 is 15.9 Å². The number of halogens is 1. The predicted molar refractivity (Wildman–Crippen MR) is 71.2 cm³/mol. The van der Waals surface area contributed by atoms with E-state index in [9.17, 15) is 5.11 Å². The summed E-state index contributed by atoms with van der Waals surface area (Å²) in [6.45, 7) is 2.14. The van der Waals surface area contributed by atoms with Crippen molar-refractivity contribution in [2.24, 2.45) is 0 Å². The van der Waals surface area contributed by atoms with Crippen LogP contribution in [0, 0.1) is 0 Å². The average Bonchev–Trinajstić information content (AvgIpc) is 2.77. The maximum atomic E-state index is 9.31. The minimum atomic E-state index is 0.246. The highest BCUT2D eigenvalue weighted by molar-refractivity contribution is 9.10. The van der Waals surface area contributed by atoms with E-state index in [2.05, 4.69) is 26.9 Å². The van der Waals surface area contributed by atoms with E-state index in [0.29, 0.717) is 6.04 Å². The van der Waals surface area contributed by atoms with Crippen molar-refractivity contribution in [1.82, 2.24) is 4.90 Å². The molecule has 2 rings (SSSR count). The molecule has 4 heteroatoms. The zero-order valence-corrected chi connectivity index (χ0v) is 11.6. The first kappa shape index (κ1) is 12.9. The Hall–Kier alpha value is -0.580. The molecule has 1 aliphatic heterocycles. The SMILES string of the molecule is COc1ccc(Br)cc1CN1CCCC1CO. The molecule has 1 aromatic rings. The maximum Gasteiger partial charge on any atom is 0.123 e. The first-order valence-electron chi connectivity index (χ1n) is 5.92. The standard InChI is InChI=1S/C13H18BrNO2/c1-17-13-5-4-11(14)7-10(13)8-15-6-2-3-12(15)9-16/h4-5,7,12,16H,2-3,6,8-9H2,1H3. The van der Waals surface area contributed by atoms with Gasteiger partial charge in [-0.05, 0) is 37.6 Å². The largest absolute Gasteiger partial charge is 0.496 e. The Morgan fingerprint density at radius 3 is 3.06 bits per heavy atom. The van der Waals surface area contributed by atoms with Crippen LogP contribution in [-0.2, 0) is 6.54 Å². The Bertz CT molecular complexity index is 384. The van der Waals surface area contributed by atoms with Crippen molar-refractivity contribution in [1.29, 1.82) is 0 Å². The van der Waals surface area contributed by atoms with E-state index in [1.165, 1.54) is 12.0 Å². The fourth-order valence-electron chi connectivity index (χ4n) is 2.40. The molecule has 1 aliphatic rings. The van der Waals surface area contributed by atoms with Crippen LogP contribution in [-0.4, -0.2) is 36.3 Å². The molecule has 0 aliphatic carbocycles. The van der Waals surface area contributed by atoms with Crippen molar-refractivity contribution in [3.63, 3.8) is 0 Å². The summed E-state index contributed by atoms with van der Waals surface area (Å²) in [5.74, 6) is 0.914. The zero-order chi connectivity index (χ0) is 12.3. The van der Waals surface area contributed by atoms with Crippen molar-refractivity contribution in [2.75, 3.05) is 20.3 Å². The number of methoxy groups -OCH3 is 1. The van der Waals surface area contributed by atoms with E-state index in [0.717, 1.165) is 29.7 Å². The van der Waals surface area contributed by atoms with Crippen LogP contribution in [0.2, 0.25) is 0 Å². The van der Waals surface area contributed by atoms with Gasteiger partial charge in [-0.1, -0.05) is 15.9 Å². The Balaban J connectivity index is 2.14. The van der Waals surface area contributed by atoms with Gasteiger partial charge in [-0.25, -0.2) is 0 Å². The topological polar surface area (TPSA) is 32.7 Å². The molecular weight excluding hydrogens is 282 g/mol. The molecule has 3 nitrogen and oxygen atoms in total. The molecule has 0 aromatic heterocycles. The lowest BCUT2D eigenvalue weighted by Crippen LogP contribution is -2.31. The molecule has 1 saturated heterocycles. The number of ether oxygens (including phenoxy) is 1. The van der Waals surface area contributed by atoms with Gasteiger partial charge in [0.15, 0.2) is 0 Å². The van der Waals surface area contributed by atoms with Crippen molar-refractivity contribution in [3.05, 3.63) is 28.2 Å². The summed E-state index contributed by atoms with van der Waals surface area (Å²) in [7, 11) is 1.69. The van der Waals surface area contributed by atoms with Gasteiger partial charge in [-0.2, -0.15) is 0 Å². The van der Waals surface area contributed by atoms with Gasteiger partial charge < -0.3 is 9.84 Å². The summed E-state index contributed by atoms with van der Waals surface area (Å²) >= 11 is 3.48. The van der Waals surface area contributed by atoms with Crippen LogP contribution in [0.3, 0.4) is 0 Å². The normalized spacial score (nSPS) is 20.8. The third kappa shape index (κ3) is 3.00. The second-order valence-electron chi connectivity index (χ2n) is 4.41.